The number of unbranched alkanes of at least 4 members (excludes halogenated alkanes) is 8. The Bertz CT molecular complexity index is 851. The van der Waals surface area contributed by atoms with Gasteiger partial charge in [0.2, 0.25) is 0 Å². The van der Waals surface area contributed by atoms with E-state index in [1.807, 2.05) is 24.3 Å². The molecule has 0 atom stereocenters. The predicted molar refractivity (Wildman–Crippen MR) is 124 cm³/mol. The highest BCUT2D eigenvalue weighted by molar-refractivity contribution is 7.80. The van der Waals surface area contributed by atoms with Crippen LogP contribution in [-0.4, -0.2) is 31.2 Å². The van der Waals surface area contributed by atoms with Crippen molar-refractivity contribution in [3.8, 4) is 5.75 Å². The summed E-state index contributed by atoms with van der Waals surface area (Å²) >= 11 is 0. The van der Waals surface area contributed by atoms with Crippen LogP contribution in [0.3, 0.4) is 0 Å². The van der Waals surface area contributed by atoms with Crippen LogP contribution in [0.2, 0.25) is 0 Å². The van der Waals surface area contributed by atoms with Gasteiger partial charge in [-0.25, -0.2) is 4.18 Å². The third-order valence-electron chi connectivity index (χ3n) is 4.84. The van der Waals surface area contributed by atoms with E-state index in [2.05, 4.69) is 33.5 Å². The van der Waals surface area contributed by atoms with E-state index < -0.39 is 10.4 Å². The van der Waals surface area contributed by atoms with Crippen LogP contribution in [0.1, 0.15) is 68.9 Å². The molecular formula is C24H33NO5S. The Morgan fingerprint density at radius 1 is 0.710 bits per heavy atom. The Balaban J connectivity index is 1.44. The fourth-order valence-electron chi connectivity index (χ4n) is 3.14. The van der Waals surface area contributed by atoms with Gasteiger partial charge in [-0.3, -0.25) is 9.54 Å². The minimum atomic E-state index is -4.28. The Kier molecular flexibility index (Phi) is 11.9. The van der Waals surface area contributed by atoms with Crippen molar-refractivity contribution >= 4 is 22.6 Å². The summed E-state index contributed by atoms with van der Waals surface area (Å²) in [6.45, 7) is 0.795. The number of pyridine rings is 1. The van der Waals surface area contributed by atoms with Crippen molar-refractivity contribution in [1.82, 2.24) is 4.98 Å². The second-order valence-electron chi connectivity index (χ2n) is 7.46. The van der Waals surface area contributed by atoms with Crippen molar-refractivity contribution in [2.24, 2.45) is 0 Å². The number of ether oxygens (including phenoxy) is 1. The lowest BCUT2D eigenvalue weighted by molar-refractivity contribution is 0.261. The average Bonchev–Trinajstić information content (AvgIpc) is 2.76. The van der Waals surface area contributed by atoms with Crippen molar-refractivity contribution in [3.63, 3.8) is 0 Å². The fraction of sp³-hybridized carbons (Fsp3) is 0.458. The standard InChI is InChI=1S/C24H33NO5S/c26-31(27,28)30-21-9-7-5-3-1-2-4-6-8-20-29-24-14-12-22(13-15-24)10-11-23-16-18-25-19-17-23/h10-19H,1-9,20-21H2,(H,26,27,28)/b11-10+. The van der Waals surface area contributed by atoms with Crippen molar-refractivity contribution in [2.45, 2.75) is 57.8 Å². The van der Waals surface area contributed by atoms with E-state index in [0.717, 1.165) is 55.6 Å². The molecule has 0 spiro atoms. The van der Waals surface area contributed by atoms with E-state index in [4.69, 9.17) is 9.29 Å². The normalized spacial score (nSPS) is 11.8. The van der Waals surface area contributed by atoms with Gasteiger partial charge in [-0.1, -0.05) is 69.2 Å². The van der Waals surface area contributed by atoms with E-state index in [-0.39, 0.29) is 6.61 Å². The summed E-state index contributed by atoms with van der Waals surface area (Å²) in [6, 6.07) is 12.1. The highest BCUT2D eigenvalue weighted by atomic mass is 32.3. The number of benzene rings is 1. The molecule has 31 heavy (non-hydrogen) atoms. The topological polar surface area (TPSA) is 85.7 Å². The molecular weight excluding hydrogens is 414 g/mol. The molecule has 0 unspecified atom stereocenters. The zero-order valence-corrected chi connectivity index (χ0v) is 18.8. The summed E-state index contributed by atoms with van der Waals surface area (Å²) in [6.07, 6.45) is 17.3. The second kappa shape index (κ2) is 14.7. The number of aromatic nitrogens is 1. The van der Waals surface area contributed by atoms with Gasteiger partial charge >= 0.3 is 10.4 Å². The van der Waals surface area contributed by atoms with Crippen LogP contribution in [0.4, 0.5) is 0 Å². The van der Waals surface area contributed by atoms with Gasteiger partial charge < -0.3 is 4.74 Å². The Morgan fingerprint density at radius 2 is 1.19 bits per heavy atom. The molecule has 0 fully saturated rings. The van der Waals surface area contributed by atoms with Crippen molar-refractivity contribution in [1.29, 1.82) is 0 Å². The van der Waals surface area contributed by atoms with Crippen LogP contribution in [-0.2, 0) is 14.6 Å². The first-order valence-electron chi connectivity index (χ1n) is 11.0. The number of hydrogen-bond acceptors (Lipinski definition) is 5. The minimum Gasteiger partial charge on any atom is -0.494 e. The lowest BCUT2D eigenvalue weighted by Crippen LogP contribution is -2.04. The molecule has 0 saturated heterocycles. The fourth-order valence-corrected chi connectivity index (χ4v) is 3.47. The molecule has 2 aromatic rings. The maximum absolute atomic E-state index is 10.4. The summed E-state index contributed by atoms with van der Waals surface area (Å²) in [5.41, 5.74) is 2.26. The van der Waals surface area contributed by atoms with Crippen molar-refractivity contribution in [2.75, 3.05) is 13.2 Å². The predicted octanol–water partition coefficient (Wildman–Crippen LogP) is 5.96. The van der Waals surface area contributed by atoms with E-state index in [1.54, 1.807) is 12.4 Å². The highest BCUT2D eigenvalue weighted by Crippen LogP contribution is 2.16. The van der Waals surface area contributed by atoms with Gasteiger partial charge in [0.05, 0.1) is 13.2 Å². The lowest BCUT2D eigenvalue weighted by Gasteiger charge is -2.06. The Labute approximate surface area is 186 Å². The van der Waals surface area contributed by atoms with Crippen LogP contribution >= 0.6 is 0 Å². The van der Waals surface area contributed by atoms with Crippen molar-refractivity contribution in [3.05, 3.63) is 59.9 Å². The Hall–Kier alpha value is -2.22. The number of hydrogen-bond donors (Lipinski definition) is 1. The molecule has 0 aliphatic heterocycles. The van der Waals surface area contributed by atoms with E-state index in [0.29, 0.717) is 6.42 Å². The van der Waals surface area contributed by atoms with Gasteiger partial charge in [-0.05, 0) is 48.2 Å². The van der Waals surface area contributed by atoms with Crippen LogP contribution < -0.4 is 4.74 Å². The molecule has 0 aliphatic rings. The summed E-state index contributed by atoms with van der Waals surface area (Å²) in [5, 5.41) is 0. The van der Waals surface area contributed by atoms with Gasteiger partial charge in [0.25, 0.3) is 0 Å². The molecule has 1 heterocycles. The van der Waals surface area contributed by atoms with Crippen LogP contribution in [0.25, 0.3) is 12.2 Å². The van der Waals surface area contributed by atoms with Crippen LogP contribution in [0.5, 0.6) is 5.75 Å². The van der Waals surface area contributed by atoms with Gasteiger partial charge in [-0.15, -0.1) is 0 Å². The monoisotopic (exact) mass is 447 g/mol. The minimum absolute atomic E-state index is 0.0594. The third kappa shape index (κ3) is 12.9. The smallest absolute Gasteiger partial charge is 0.397 e. The molecule has 7 heteroatoms. The zero-order valence-electron chi connectivity index (χ0n) is 18.0. The molecule has 6 nitrogen and oxygen atoms in total. The molecule has 0 bridgehead atoms. The van der Waals surface area contributed by atoms with Crippen molar-refractivity contribution < 1.29 is 21.9 Å². The molecule has 0 saturated carbocycles. The molecule has 0 amide bonds. The number of rotatable bonds is 16. The molecule has 1 aromatic heterocycles. The molecule has 1 N–H and O–H groups in total. The van der Waals surface area contributed by atoms with E-state index in [1.165, 1.54) is 19.3 Å². The maximum atomic E-state index is 10.4. The summed E-state index contributed by atoms with van der Waals surface area (Å²) in [4.78, 5) is 4.01. The average molecular weight is 448 g/mol. The first kappa shape index (κ1) is 25.0. The SMILES string of the molecule is O=S(=O)(O)OCCCCCCCCCCCOc1ccc(/C=C/c2ccncc2)cc1. The molecule has 0 radical (unpaired) electrons. The Morgan fingerprint density at radius 3 is 1.74 bits per heavy atom. The van der Waals surface area contributed by atoms with E-state index in [9.17, 15) is 8.42 Å². The molecule has 1 aromatic carbocycles. The first-order valence-corrected chi connectivity index (χ1v) is 12.3. The van der Waals surface area contributed by atoms with Crippen LogP contribution in [0.15, 0.2) is 48.8 Å². The molecule has 2 rings (SSSR count). The van der Waals surface area contributed by atoms with E-state index >= 15 is 0 Å². The van der Waals surface area contributed by atoms with Gasteiger partial charge in [0, 0.05) is 12.4 Å². The summed E-state index contributed by atoms with van der Waals surface area (Å²) in [7, 11) is -4.28. The van der Waals surface area contributed by atoms with Crippen LogP contribution in [0, 0.1) is 0 Å². The third-order valence-corrected chi connectivity index (χ3v) is 5.31. The second-order valence-corrected chi connectivity index (χ2v) is 8.55. The van der Waals surface area contributed by atoms with Gasteiger partial charge in [0.15, 0.2) is 0 Å². The molecule has 170 valence electrons. The first-order chi connectivity index (χ1) is 15.0. The number of nitrogens with zero attached hydrogens (tertiary/aromatic N) is 1. The quantitative estimate of drug-likeness (QED) is 0.252. The summed E-state index contributed by atoms with van der Waals surface area (Å²) in [5.74, 6) is 0.902. The highest BCUT2D eigenvalue weighted by Gasteiger charge is 2.02. The van der Waals surface area contributed by atoms with Gasteiger partial charge in [0.1, 0.15) is 5.75 Å². The summed E-state index contributed by atoms with van der Waals surface area (Å²) < 4.78 is 39.4. The maximum Gasteiger partial charge on any atom is 0.397 e. The largest absolute Gasteiger partial charge is 0.494 e. The lowest BCUT2D eigenvalue weighted by atomic mass is 10.1. The van der Waals surface area contributed by atoms with Gasteiger partial charge in [-0.2, -0.15) is 8.42 Å². The molecule has 0 aliphatic carbocycles. The zero-order chi connectivity index (χ0) is 22.2.